The van der Waals surface area contributed by atoms with Crippen molar-refractivity contribution in [3.8, 4) is 5.75 Å². The molecule has 0 atom stereocenters. The summed E-state index contributed by atoms with van der Waals surface area (Å²) in [6, 6.07) is 11.4. The second-order valence-corrected chi connectivity index (χ2v) is 11.7. The highest BCUT2D eigenvalue weighted by Crippen LogP contribution is 2.37. The number of anilines is 3. The number of rotatable bonds is 12. The molecule has 260 valence electrons. The average molecular weight is 708 g/mol. The molecule has 0 saturated carbocycles. The molecule has 19 heteroatoms. The third-order valence-electron chi connectivity index (χ3n) is 7.07. The van der Waals surface area contributed by atoms with Crippen LogP contribution in [-0.4, -0.2) is 66.8 Å². The van der Waals surface area contributed by atoms with E-state index in [1.54, 1.807) is 26.8 Å². The van der Waals surface area contributed by atoms with Gasteiger partial charge in [0.15, 0.2) is 11.6 Å². The molecule has 2 aromatic carbocycles. The number of carbonyl (C=O) groups is 4. The minimum absolute atomic E-state index is 0.000788. The highest BCUT2D eigenvalue weighted by molar-refractivity contribution is 7.46. The number of nitrogens with zero attached hydrogens (tertiary/aromatic N) is 5. The predicted molar refractivity (Wildman–Crippen MR) is 174 cm³/mol. The fourth-order valence-electron chi connectivity index (χ4n) is 4.78. The Kier molecular flexibility index (Phi) is 10.6. The van der Waals surface area contributed by atoms with E-state index in [1.165, 1.54) is 65.8 Å². The highest BCUT2D eigenvalue weighted by Gasteiger charge is 2.29. The number of fused-ring (bicyclic) bond motifs is 1. The lowest BCUT2D eigenvalue weighted by Gasteiger charge is -2.24. The van der Waals surface area contributed by atoms with Gasteiger partial charge in [0.25, 0.3) is 11.8 Å². The molecule has 18 nitrogen and oxygen atoms in total. The first-order valence-corrected chi connectivity index (χ1v) is 16.3. The first kappa shape index (κ1) is 35.2. The van der Waals surface area contributed by atoms with Gasteiger partial charge in [0.05, 0.1) is 17.7 Å². The van der Waals surface area contributed by atoms with Gasteiger partial charge >= 0.3 is 19.9 Å². The molecule has 50 heavy (non-hydrogen) atoms. The number of aryl methyl sites for hydroxylation is 2. The van der Waals surface area contributed by atoms with E-state index >= 15 is 0 Å². The van der Waals surface area contributed by atoms with Crippen molar-refractivity contribution in [3.63, 3.8) is 0 Å². The SMILES string of the molecule is CCNC(=O)c1cn2ncnc(N(C(=O)OCOC(=O)Cc3ccc(OP(=O)(O)O)cc3)c3cc(C(=O)Nc4ccon4)ccc3C)c2c1C. The Morgan fingerprint density at radius 1 is 1.02 bits per heavy atom. The summed E-state index contributed by atoms with van der Waals surface area (Å²) in [6.07, 6.45) is 2.64. The maximum atomic E-state index is 13.9. The van der Waals surface area contributed by atoms with Gasteiger partial charge in [-0.25, -0.2) is 23.8 Å². The van der Waals surface area contributed by atoms with Crippen LogP contribution in [-0.2, 0) is 25.3 Å². The number of ether oxygens (including phenoxy) is 2. The number of hydrogen-bond donors (Lipinski definition) is 4. The highest BCUT2D eigenvalue weighted by atomic mass is 31.2. The summed E-state index contributed by atoms with van der Waals surface area (Å²) >= 11 is 0. The molecule has 0 aliphatic heterocycles. The van der Waals surface area contributed by atoms with Crippen LogP contribution in [0.1, 0.15) is 44.3 Å². The van der Waals surface area contributed by atoms with Crippen LogP contribution in [0.3, 0.4) is 0 Å². The number of hydrogen-bond acceptors (Lipinski definition) is 12. The Bertz CT molecular complexity index is 2090. The van der Waals surface area contributed by atoms with Crippen LogP contribution in [0.5, 0.6) is 5.75 Å². The molecular weight excluding hydrogens is 677 g/mol. The fraction of sp³-hybridized carbons (Fsp3) is 0.194. The zero-order chi connectivity index (χ0) is 36.0. The average Bonchev–Trinajstić information content (AvgIpc) is 3.70. The molecule has 3 heterocycles. The van der Waals surface area contributed by atoms with Crippen molar-refractivity contribution < 1.29 is 52.1 Å². The van der Waals surface area contributed by atoms with E-state index in [0.29, 0.717) is 23.2 Å². The third kappa shape index (κ3) is 8.30. The Balaban J connectivity index is 1.43. The van der Waals surface area contributed by atoms with Crippen molar-refractivity contribution in [3.05, 3.63) is 95.1 Å². The van der Waals surface area contributed by atoms with Gasteiger partial charge in [-0.05, 0) is 61.7 Å². The van der Waals surface area contributed by atoms with Crippen molar-refractivity contribution in [2.45, 2.75) is 27.2 Å². The molecule has 0 aliphatic carbocycles. The van der Waals surface area contributed by atoms with E-state index < -0.39 is 32.6 Å². The molecule has 3 amide bonds. The summed E-state index contributed by atoms with van der Waals surface area (Å²) < 4.78 is 32.2. The van der Waals surface area contributed by atoms with E-state index in [-0.39, 0.29) is 52.0 Å². The number of benzene rings is 2. The molecule has 0 spiro atoms. The van der Waals surface area contributed by atoms with Gasteiger partial charge in [-0.2, -0.15) is 5.10 Å². The van der Waals surface area contributed by atoms with E-state index in [2.05, 4.69) is 30.4 Å². The Morgan fingerprint density at radius 2 is 1.78 bits per heavy atom. The molecule has 0 bridgehead atoms. The minimum Gasteiger partial charge on any atom is -0.428 e. The number of carbonyl (C=O) groups excluding carboxylic acids is 4. The van der Waals surface area contributed by atoms with Crippen molar-refractivity contribution in [1.29, 1.82) is 0 Å². The molecule has 0 saturated heterocycles. The zero-order valence-electron chi connectivity index (χ0n) is 26.7. The summed E-state index contributed by atoms with van der Waals surface area (Å²) in [6.45, 7) is 4.68. The number of esters is 1. The molecule has 5 aromatic rings. The Labute approximate surface area is 283 Å². The molecule has 0 radical (unpaired) electrons. The lowest BCUT2D eigenvalue weighted by atomic mass is 10.1. The number of nitrogens with one attached hydrogen (secondary N) is 2. The van der Waals surface area contributed by atoms with Crippen LogP contribution in [0.15, 0.2) is 71.8 Å². The van der Waals surface area contributed by atoms with E-state index in [1.807, 2.05) is 0 Å². The van der Waals surface area contributed by atoms with Crippen molar-refractivity contribution in [1.82, 2.24) is 25.1 Å². The number of aromatic nitrogens is 4. The first-order chi connectivity index (χ1) is 23.8. The topological polar surface area (TPSA) is 237 Å². The largest absolute Gasteiger partial charge is 0.524 e. The van der Waals surface area contributed by atoms with Crippen molar-refractivity contribution >= 4 is 54.5 Å². The number of phosphoric acid groups is 1. The summed E-state index contributed by atoms with van der Waals surface area (Å²) in [5, 5.41) is 13.2. The zero-order valence-corrected chi connectivity index (χ0v) is 27.6. The Morgan fingerprint density at radius 3 is 2.46 bits per heavy atom. The fourth-order valence-corrected chi connectivity index (χ4v) is 5.18. The normalized spacial score (nSPS) is 11.1. The van der Waals surface area contributed by atoms with Crippen LogP contribution in [0.25, 0.3) is 5.52 Å². The van der Waals surface area contributed by atoms with Gasteiger partial charge < -0.3 is 29.2 Å². The summed E-state index contributed by atoms with van der Waals surface area (Å²) in [4.78, 5) is 75.7. The predicted octanol–water partition coefficient (Wildman–Crippen LogP) is 3.83. The molecule has 0 fully saturated rings. The van der Waals surface area contributed by atoms with Gasteiger partial charge in [0, 0.05) is 24.4 Å². The van der Waals surface area contributed by atoms with E-state index in [9.17, 15) is 23.7 Å². The summed E-state index contributed by atoms with van der Waals surface area (Å²) in [5.74, 6) is -1.65. The summed E-state index contributed by atoms with van der Waals surface area (Å²) in [5.41, 5.74) is 2.27. The smallest absolute Gasteiger partial charge is 0.428 e. The number of phosphoric ester groups is 1. The number of amides is 3. The van der Waals surface area contributed by atoms with Gasteiger partial charge in [0.2, 0.25) is 6.79 Å². The molecular formula is C31H30N7O11P. The lowest BCUT2D eigenvalue weighted by Crippen LogP contribution is -2.30. The molecule has 0 unspecified atom stereocenters. The molecule has 4 N–H and O–H groups in total. The maximum Gasteiger partial charge on any atom is 0.524 e. The van der Waals surface area contributed by atoms with Crippen LogP contribution in [0, 0.1) is 13.8 Å². The van der Waals surface area contributed by atoms with Crippen LogP contribution in [0.4, 0.5) is 22.1 Å². The van der Waals surface area contributed by atoms with Gasteiger partial charge in [-0.15, -0.1) is 0 Å². The van der Waals surface area contributed by atoms with Gasteiger partial charge in [-0.1, -0.05) is 23.4 Å². The van der Waals surface area contributed by atoms with Crippen molar-refractivity contribution in [2.24, 2.45) is 0 Å². The monoisotopic (exact) mass is 707 g/mol. The van der Waals surface area contributed by atoms with Gasteiger partial charge in [0.1, 0.15) is 23.9 Å². The summed E-state index contributed by atoms with van der Waals surface area (Å²) in [7, 11) is -4.75. The van der Waals surface area contributed by atoms with Crippen molar-refractivity contribution in [2.75, 3.05) is 23.6 Å². The lowest BCUT2D eigenvalue weighted by molar-refractivity contribution is -0.150. The standard InChI is InChI=1S/C31H30N7O11P/c1-4-32-30(41)23-15-37-27(19(23)3)28(33-16-34-37)38(24-14-21(8-5-18(24)2)29(40)35-25-11-12-48-36-25)31(42)47-17-46-26(39)13-20-6-9-22(10-7-20)49-50(43,44)45/h5-12,14-16H,4,13,17H2,1-3H3,(H,32,41)(H,35,36,40)(H2,43,44,45). The molecule has 0 aliphatic rings. The first-order valence-electron chi connectivity index (χ1n) is 14.7. The molecule has 5 rings (SSSR count). The van der Waals surface area contributed by atoms with Crippen LogP contribution >= 0.6 is 7.82 Å². The van der Waals surface area contributed by atoms with Gasteiger partial charge in [-0.3, -0.25) is 24.2 Å². The van der Waals surface area contributed by atoms with Crippen LogP contribution in [0.2, 0.25) is 0 Å². The third-order valence-corrected chi connectivity index (χ3v) is 7.52. The Hall–Kier alpha value is -6.10. The quantitative estimate of drug-likeness (QED) is 0.0820. The molecule has 3 aromatic heterocycles. The van der Waals surface area contributed by atoms with E-state index in [4.69, 9.17) is 23.8 Å². The second kappa shape index (κ2) is 15.0. The van der Waals surface area contributed by atoms with Crippen LogP contribution < -0.4 is 20.1 Å². The maximum absolute atomic E-state index is 13.9. The second-order valence-electron chi connectivity index (χ2n) is 10.5. The van der Waals surface area contributed by atoms with E-state index in [0.717, 1.165) is 4.90 Å². The minimum atomic E-state index is -4.75.